The van der Waals surface area contributed by atoms with Gasteiger partial charge in [0.1, 0.15) is 11.3 Å². The van der Waals surface area contributed by atoms with E-state index in [-0.39, 0.29) is 23.8 Å². The van der Waals surface area contributed by atoms with Crippen LogP contribution < -0.4 is 5.32 Å². The van der Waals surface area contributed by atoms with Gasteiger partial charge in [0.25, 0.3) is 5.22 Å². The first-order chi connectivity index (χ1) is 11.6. The van der Waals surface area contributed by atoms with E-state index in [1.165, 1.54) is 12.1 Å². The van der Waals surface area contributed by atoms with Gasteiger partial charge in [-0.15, -0.1) is 0 Å². The molecule has 1 aromatic heterocycles. The Morgan fingerprint density at radius 1 is 1.25 bits per heavy atom. The van der Waals surface area contributed by atoms with E-state index in [4.69, 9.17) is 4.42 Å². The normalized spacial score (nSPS) is 12.2. The van der Waals surface area contributed by atoms with Crippen molar-refractivity contribution >= 4 is 28.8 Å². The molecule has 0 saturated carbocycles. The number of rotatable bonds is 6. The van der Waals surface area contributed by atoms with Gasteiger partial charge in [-0.1, -0.05) is 42.1 Å². The fourth-order valence-electron chi connectivity index (χ4n) is 2.16. The average Bonchev–Trinajstić information content (AvgIpc) is 3.01. The minimum atomic E-state index is -1.09. The molecule has 0 bridgehead atoms. The quantitative estimate of drug-likeness (QED) is 0.671. The number of benzene rings is 2. The molecule has 0 aliphatic carbocycles. The van der Waals surface area contributed by atoms with Crippen molar-refractivity contribution in [1.29, 1.82) is 0 Å². The van der Waals surface area contributed by atoms with Gasteiger partial charge in [0, 0.05) is 12.1 Å². The molecule has 0 aliphatic rings. The fraction of sp³-hybridized carbons (Fsp3) is 0.176. The van der Waals surface area contributed by atoms with E-state index in [0.29, 0.717) is 10.8 Å². The van der Waals surface area contributed by atoms with E-state index in [2.05, 4.69) is 10.3 Å². The van der Waals surface area contributed by atoms with Crippen molar-refractivity contribution < 1.29 is 18.7 Å². The minimum Gasteiger partial charge on any atom is -0.431 e. The summed E-state index contributed by atoms with van der Waals surface area (Å²) >= 11 is 1.16. The maximum Gasteiger partial charge on any atom is 0.257 e. The summed E-state index contributed by atoms with van der Waals surface area (Å²) in [5.74, 6) is -0.700. The molecule has 0 spiro atoms. The molecule has 5 nitrogen and oxygen atoms in total. The third-order valence-corrected chi connectivity index (χ3v) is 4.19. The van der Waals surface area contributed by atoms with Gasteiger partial charge in [-0.2, -0.15) is 0 Å². The molecular weight excluding hydrogens is 331 g/mol. The first-order valence-electron chi connectivity index (χ1n) is 7.31. The monoisotopic (exact) mass is 346 g/mol. The van der Waals surface area contributed by atoms with E-state index in [0.717, 1.165) is 17.3 Å². The SMILES string of the molecule is O=C(CSc1nc2ccccc2o1)NCC(O)c1ccccc1F. The highest BCUT2D eigenvalue weighted by atomic mass is 32.2. The number of amides is 1. The van der Waals surface area contributed by atoms with Crippen LogP contribution in [0.3, 0.4) is 0 Å². The summed E-state index contributed by atoms with van der Waals surface area (Å²) in [5.41, 5.74) is 1.55. The zero-order valence-electron chi connectivity index (χ0n) is 12.6. The van der Waals surface area contributed by atoms with Gasteiger partial charge < -0.3 is 14.8 Å². The average molecular weight is 346 g/mol. The molecule has 2 aromatic carbocycles. The van der Waals surface area contributed by atoms with Crippen molar-refractivity contribution in [3.05, 3.63) is 59.9 Å². The maximum atomic E-state index is 13.5. The van der Waals surface area contributed by atoms with Crippen LogP contribution in [0.2, 0.25) is 0 Å². The smallest absolute Gasteiger partial charge is 0.257 e. The largest absolute Gasteiger partial charge is 0.431 e. The second kappa shape index (κ2) is 7.46. The van der Waals surface area contributed by atoms with Crippen molar-refractivity contribution in [3.63, 3.8) is 0 Å². The molecule has 1 amide bonds. The second-order valence-corrected chi connectivity index (χ2v) is 6.00. The molecule has 1 unspecified atom stereocenters. The van der Waals surface area contributed by atoms with E-state index in [9.17, 15) is 14.3 Å². The summed E-state index contributed by atoms with van der Waals surface area (Å²) in [7, 11) is 0. The summed E-state index contributed by atoms with van der Waals surface area (Å²) < 4.78 is 19.0. The van der Waals surface area contributed by atoms with Crippen molar-refractivity contribution in [2.45, 2.75) is 11.3 Å². The number of nitrogens with zero attached hydrogens (tertiary/aromatic N) is 1. The summed E-state index contributed by atoms with van der Waals surface area (Å²) in [5, 5.41) is 12.9. The predicted molar refractivity (Wildman–Crippen MR) is 89.1 cm³/mol. The Bertz CT molecular complexity index is 819. The second-order valence-electron chi connectivity index (χ2n) is 5.08. The lowest BCUT2D eigenvalue weighted by molar-refractivity contribution is -0.119. The Morgan fingerprint density at radius 3 is 2.79 bits per heavy atom. The van der Waals surface area contributed by atoms with Crippen LogP contribution >= 0.6 is 11.8 Å². The Balaban J connectivity index is 1.50. The highest BCUT2D eigenvalue weighted by Gasteiger charge is 2.14. The van der Waals surface area contributed by atoms with Crippen LogP contribution in [0.25, 0.3) is 11.1 Å². The van der Waals surface area contributed by atoms with Crippen LogP contribution in [0.5, 0.6) is 0 Å². The third-order valence-electron chi connectivity index (χ3n) is 3.36. The van der Waals surface area contributed by atoms with E-state index < -0.39 is 11.9 Å². The summed E-state index contributed by atoms with van der Waals surface area (Å²) in [6.07, 6.45) is -1.09. The molecule has 124 valence electrons. The highest BCUT2D eigenvalue weighted by Crippen LogP contribution is 2.23. The summed E-state index contributed by atoms with van der Waals surface area (Å²) in [4.78, 5) is 16.1. The number of para-hydroxylation sites is 2. The number of hydrogen-bond donors (Lipinski definition) is 2. The Kier molecular flexibility index (Phi) is 5.12. The van der Waals surface area contributed by atoms with Gasteiger partial charge in [0.05, 0.1) is 11.9 Å². The van der Waals surface area contributed by atoms with Crippen molar-refractivity contribution in [3.8, 4) is 0 Å². The predicted octanol–water partition coefficient (Wildman–Crippen LogP) is 2.91. The molecule has 0 fully saturated rings. The number of carbonyl (C=O) groups excluding carboxylic acids is 1. The molecule has 2 N–H and O–H groups in total. The van der Waals surface area contributed by atoms with Crippen LogP contribution in [-0.2, 0) is 4.79 Å². The third kappa shape index (κ3) is 3.93. The number of thioether (sulfide) groups is 1. The van der Waals surface area contributed by atoms with Crippen LogP contribution in [0.1, 0.15) is 11.7 Å². The Morgan fingerprint density at radius 2 is 2.00 bits per heavy atom. The van der Waals surface area contributed by atoms with Crippen LogP contribution in [0.15, 0.2) is 58.2 Å². The zero-order valence-corrected chi connectivity index (χ0v) is 13.4. The molecular formula is C17H15FN2O3S. The van der Waals surface area contributed by atoms with Gasteiger partial charge in [-0.05, 0) is 18.2 Å². The number of hydrogen-bond acceptors (Lipinski definition) is 5. The van der Waals surface area contributed by atoms with E-state index in [1.54, 1.807) is 18.2 Å². The number of aromatic nitrogens is 1. The Hall–Kier alpha value is -2.38. The number of halogens is 1. The lowest BCUT2D eigenvalue weighted by Crippen LogP contribution is -2.30. The number of carbonyl (C=O) groups is 1. The lowest BCUT2D eigenvalue weighted by atomic mass is 10.1. The minimum absolute atomic E-state index is 0.0616. The van der Waals surface area contributed by atoms with E-state index >= 15 is 0 Å². The molecule has 0 saturated heterocycles. The van der Waals surface area contributed by atoms with Crippen molar-refractivity contribution in [1.82, 2.24) is 10.3 Å². The molecule has 0 aliphatic heterocycles. The van der Waals surface area contributed by atoms with Gasteiger partial charge in [0.2, 0.25) is 5.91 Å². The standard InChI is InChI=1S/C17H15FN2O3S/c18-12-6-2-1-5-11(12)14(21)9-19-16(22)10-24-17-20-13-7-3-4-8-15(13)23-17/h1-8,14,21H,9-10H2,(H,19,22). The number of aliphatic hydroxyl groups excluding tert-OH is 1. The number of fused-ring (bicyclic) bond motifs is 1. The summed E-state index contributed by atoms with van der Waals surface area (Å²) in [6.45, 7) is -0.0616. The van der Waals surface area contributed by atoms with E-state index in [1.807, 2.05) is 18.2 Å². The van der Waals surface area contributed by atoms with Gasteiger partial charge >= 0.3 is 0 Å². The molecule has 3 aromatic rings. The van der Waals surface area contributed by atoms with Gasteiger partial charge in [0.15, 0.2) is 5.58 Å². The van der Waals surface area contributed by atoms with Crippen molar-refractivity contribution in [2.75, 3.05) is 12.3 Å². The van der Waals surface area contributed by atoms with Gasteiger partial charge in [-0.3, -0.25) is 4.79 Å². The van der Waals surface area contributed by atoms with Gasteiger partial charge in [-0.25, -0.2) is 9.37 Å². The topological polar surface area (TPSA) is 75.4 Å². The number of nitrogens with one attached hydrogen (secondary N) is 1. The molecule has 7 heteroatoms. The number of aliphatic hydroxyl groups is 1. The first kappa shape index (κ1) is 16.5. The van der Waals surface area contributed by atoms with Crippen LogP contribution in [0.4, 0.5) is 4.39 Å². The molecule has 3 rings (SSSR count). The number of oxazole rings is 1. The lowest BCUT2D eigenvalue weighted by Gasteiger charge is -2.12. The zero-order chi connectivity index (χ0) is 16.9. The fourth-order valence-corrected chi connectivity index (χ4v) is 2.83. The molecule has 0 radical (unpaired) electrons. The van der Waals surface area contributed by atoms with Crippen LogP contribution in [-0.4, -0.2) is 28.3 Å². The van der Waals surface area contributed by atoms with Crippen molar-refractivity contribution in [2.24, 2.45) is 0 Å². The van der Waals surface area contributed by atoms with Crippen LogP contribution in [0, 0.1) is 5.82 Å². The highest BCUT2D eigenvalue weighted by molar-refractivity contribution is 7.99. The molecule has 24 heavy (non-hydrogen) atoms. The summed E-state index contributed by atoms with van der Waals surface area (Å²) in [6, 6.07) is 13.3. The maximum absolute atomic E-state index is 13.5. The Labute approximate surface area is 141 Å². The molecule has 1 atom stereocenters. The first-order valence-corrected chi connectivity index (χ1v) is 8.29. The molecule has 1 heterocycles.